The van der Waals surface area contributed by atoms with Gasteiger partial charge in [0.1, 0.15) is 6.61 Å². The van der Waals surface area contributed by atoms with E-state index in [2.05, 4.69) is 15.9 Å². The third-order valence-corrected chi connectivity index (χ3v) is 2.90. The molecule has 0 spiro atoms. The smallest absolute Gasteiger partial charge is 0.165 e. The SMILES string of the molecule is Cc1ccc(COc2cc(Br)ccc2F)cc1. The molecule has 17 heavy (non-hydrogen) atoms. The molecule has 2 aromatic carbocycles. The van der Waals surface area contributed by atoms with Crippen molar-refractivity contribution in [1.29, 1.82) is 0 Å². The number of benzene rings is 2. The van der Waals surface area contributed by atoms with Crippen molar-refractivity contribution in [2.45, 2.75) is 13.5 Å². The zero-order valence-corrected chi connectivity index (χ0v) is 11.0. The van der Waals surface area contributed by atoms with Crippen LogP contribution in [-0.2, 0) is 6.61 Å². The number of halogens is 2. The highest BCUT2D eigenvalue weighted by atomic mass is 79.9. The molecule has 0 bridgehead atoms. The van der Waals surface area contributed by atoms with Crippen LogP contribution in [0.1, 0.15) is 11.1 Å². The minimum atomic E-state index is -0.347. The first-order chi connectivity index (χ1) is 8.15. The topological polar surface area (TPSA) is 9.23 Å². The van der Waals surface area contributed by atoms with Crippen LogP contribution >= 0.6 is 15.9 Å². The second-order valence-electron chi connectivity index (χ2n) is 3.85. The zero-order valence-electron chi connectivity index (χ0n) is 9.41. The normalized spacial score (nSPS) is 10.3. The molecule has 0 fully saturated rings. The number of hydrogen-bond donors (Lipinski definition) is 0. The van der Waals surface area contributed by atoms with Crippen LogP contribution in [0.2, 0.25) is 0 Å². The molecule has 2 aromatic rings. The summed E-state index contributed by atoms with van der Waals surface area (Å²) in [5.41, 5.74) is 2.22. The van der Waals surface area contributed by atoms with Crippen LogP contribution in [-0.4, -0.2) is 0 Å². The fourth-order valence-electron chi connectivity index (χ4n) is 1.43. The first kappa shape index (κ1) is 12.1. The van der Waals surface area contributed by atoms with Crippen molar-refractivity contribution in [1.82, 2.24) is 0 Å². The lowest BCUT2D eigenvalue weighted by Crippen LogP contribution is -1.97. The molecule has 0 aliphatic heterocycles. The molecule has 0 heterocycles. The van der Waals surface area contributed by atoms with Gasteiger partial charge in [0.05, 0.1) is 0 Å². The van der Waals surface area contributed by atoms with E-state index in [9.17, 15) is 4.39 Å². The van der Waals surface area contributed by atoms with Gasteiger partial charge in [-0.1, -0.05) is 45.8 Å². The predicted octanol–water partition coefficient (Wildman–Crippen LogP) is 4.48. The molecule has 0 radical (unpaired) electrons. The standard InChI is InChI=1S/C14H12BrFO/c1-10-2-4-11(5-3-10)9-17-14-8-12(15)6-7-13(14)16/h2-8H,9H2,1H3. The molecule has 0 saturated heterocycles. The zero-order chi connectivity index (χ0) is 12.3. The van der Waals surface area contributed by atoms with E-state index in [1.165, 1.54) is 11.6 Å². The fourth-order valence-corrected chi connectivity index (χ4v) is 1.77. The van der Waals surface area contributed by atoms with Crippen LogP contribution < -0.4 is 4.74 Å². The van der Waals surface area contributed by atoms with Crippen LogP contribution in [0.15, 0.2) is 46.9 Å². The molecule has 0 aliphatic rings. The van der Waals surface area contributed by atoms with Gasteiger partial charge in [-0.15, -0.1) is 0 Å². The second-order valence-corrected chi connectivity index (χ2v) is 4.76. The summed E-state index contributed by atoms with van der Waals surface area (Å²) in [6.07, 6.45) is 0. The molecule has 0 saturated carbocycles. The van der Waals surface area contributed by atoms with Gasteiger partial charge < -0.3 is 4.74 Å². The van der Waals surface area contributed by atoms with Gasteiger partial charge in [0.15, 0.2) is 11.6 Å². The highest BCUT2D eigenvalue weighted by Gasteiger charge is 2.04. The number of hydrogen-bond acceptors (Lipinski definition) is 1. The molecule has 3 heteroatoms. The lowest BCUT2D eigenvalue weighted by Gasteiger charge is -2.08. The number of ether oxygens (including phenoxy) is 1. The van der Waals surface area contributed by atoms with E-state index in [1.807, 2.05) is 31.2 Å². The summed E-state index contributed by atoms with van der Waals surface area (Å²) in [6.45, 7) is 2.40. The van der Waals surface area contributed by atoms with Gasteiger partial charge in [-0.25, -0.2) is 4.39 Å². The quantitative estimate of drug-likeness (QED) is 0.811. The van der Waals surface area contributed by atoms with E-state index in [0.717, 1.165) is 10.0 Å². The molecule has 0 N–H and O–H groups in total. The molecule has 0 unspecified atom stereocenters. The van der Waals surface area contributed by atoms with Gasteiger partial charge in [-0.2, -0.15) is 0 Å². The molecule has 0 aromatic heterocycles. The molecule has 1 nitrogen and oxygen atoms in total. The molecule has 0 aliphatic carbocycles. The Bertz CT molecular complexity index is 508. The molecule has 88 valence electrons. The van der Waals surface area contributed by atoms with E-state index < -0.39 is 0 Å². The maximum absolute atomic E-state index is 13.4. The Morgan fingerprint density at radius 3 is 2.53 bits per heavy atom. The van der Waals surface area contributed by atoms with Crippen molar-refractivity contribution in [3.05, 3.63) is 63.9 Å². The third-order valence-electron chi connectivity index (χ3n) is 2.41. The number of rotatable bonds is 3. The van der Waals surface area contributed by atoms with E-state index in [4.69, 9.17) is 4.74 Å². The first-order valence-electron chi connectivity index (χ1n) is 5.28. The predicted molar refractivity (Wildman–Crippen MR) is 69.6 cm³/mol. The van der Waals surface area contributed by atoms with Gasteiger partial charge in [0, 0.05) is 4.47 Å². The minimum Gasteiger partial charge on any atom is -0.486 e. The maximum Gasteiger partial charge on any atom is 0.165 e. The summed E-state index contributed by atoms with van der Waals surface area (Å²) in [5.74, 6) is -0.0831. The van der Waals surface area contributed by atoms with Crippen LogP contribution in [0.5, 0.6) is 5.75 Å². The van der Waals surface area contributed by atoms with Crippen LogP contribution in [0.25, 0.3) is 0 Å². The highest BCUT2D eigenvalue weighted by Crippen LogP contribution is 2.23. The fraction of sp³-hybridized carbons (Fsp3) is 0.143. The van der Waals surface area contributed by atoms with Crippen LogP contribution in [0.3, 0.4) is 0 Å². The molecular formula is C14H12BrFO. The van der Waals surface area contributed by atoms with Gasteiger partial charge in [0.25, 0.3) is 0 Å². The molecular weight excluding hydrogens is 283 g/mol. The van der Waals surface area contributed by atoms with Crippen molar-refractivity contribution in [3.63, 3.8) is 0 Å². The van der Waals surface area contributed by atoms with Crippen molar-refractivity contribution >= 4 is 15.9 Å². The second kappa shape index (κ2) is 5.32. The van der Waals surface area contributed by atoms with E-state index in [1.54, 1.807) is 12.1 Å². The van der Waals surface area contributed by atoms with Gasteiger partial charge in [-0.05, 0) is 30.7 Å². The Balaban J connectivity index is 2.07. The lowest BCUT2D eigenvalue weighted by atomic mass is 10.2. The Labute approximate surface area is 108 Å². The van der Waals surface area contributed by atoms with E-state index in [-0.39, 0.29) is 11.6 Å². The van der Waals surface area contributed by atoms with Gasteiger partial charge >= 0.3 is 0 Å². The van der Waals surface area contributed by atoms with Gasteiger partial charge in [-0.3, -0.25) is 0 Å². The highest BCUT2D eigenvalue weighted by molar-refractivity contribution is 9.10. The monoisotopic (exact) mass is 294 g/mol. The molecule has 0 atom stereocenters. The molecule has 0 amide bonds. The Morgan fingerprint density at radius 1 is 1.12 bits per heavy atom. The maximum atomic E-state index is 13.4. The van der Waals surface area contributed by atoms with Crippen LogP contribution in [0, 0.1) is 12.7 Å². The summed E-state index contributed by atoms with van der Waals surface area (Å²) >= 11 is 3.29. The summed E-state index contributed by atoms with van der Waals surface area (Å²) in [5, 5.41) is 0. The van der Waals surface area contributed by atoms with Gasteiger partial charge in [0.2, 0.25) is 0 Å². The third kappa shape index (κ3) is 3.30. The minimum absolute atomic E-state index is 0.264. The summed E-state index contributed by atoms with van der Waals surface area (Å²) < 4.78 is 19.6. The lowest BCUT2D eigenvalue weighted by molar-refractivity contribution is 0.290. The van der Waals surface area contributed by atoms with Crippen molar-refractivity contribution in [2.24, 2.45) is 0 Å². The van der Waals surface area contributed by atoms with Crippen LogP contribution in [0.4, 0.5) is 4.39 Å². The average molecular weight is 295 g/mol. The van der Waals surface area contributed by atoms with Crippen molar-refractivity contribution in [2.75, 3.05) is 0 Å². The summed E-state index contributed by atoms with van der Waals surface area (Å²) in [6, 6.07) is 12.6. The first-order valence-corrected chi connectivity index (χ1v) is 6.08. The molecule has 2 rings (SSSR count). The number of aryl methyl sites for hydroxylation is 1. The summed E-state index contributed by atoms with van der Waals surface area (Å²) in [7, 11) is 0. The average Bonchev–Trinajstić information content (AvgIpc) is 2.32. The van der Waals surface area contributed by atoms with Crippen molar-refractivity contribution < 1.29 is 9.13 Å². The van der Waals surface area contributed by atoms with E-state index >= 15 is 0 Å². The Morgan fingerprint density at radius 2 is 1.82 bits per heavy atom. The summed E-state index contributed by atoms with van der Waals surface area (Å²) in [4.78, 5) is 0. The van der Waals surface area contributed by atoms with Crippen molar-refractivity contribution in [3.8, 4) is 5.75 Å². The Hall–Kier alpha value is -1.35. The Kier molecular flexibility index (Phi) is 3.79. The van der Waals surface area contributed by atoms with E-state index in [0.29, 0.717) is 6.61 Å². The largest absolute Gasteiger partial charge is 0.486 e.